The lowest BCUT2D eigenvalue weighted by Gasteiger charge is -2.11. The molecule has 0 aliphatic rings. The number of hydrogen-bond acceptors (Lipinski definition) is 5. The molecule has 0 aliphatic carbocycles. The van der Waals surface area contributed by atoms with Crippen LogP contribution in [0.2, 0.25) is 5.02 Å². The first-order valence-corrected chi connectivity index (χ1v) is 7.74. The van der Waals surface area contributed by atoms with E-state index in [1.54, 1.807) is 23.6 Å². The summed E-state index contributed by atoms with van der Waals surface area (Å²) in [5.74, 6) is -0.715. The Morgan fingerprint density at radius 3 is 2.91 bits per heavy atom. The van der Waals surface area contributed by atoms with Crippen molar-refractivity contribution < 1.29 is 14.6 Å². The molecule has 0 bridgehead atoms. The fourth-order valence-electron chi connectivity index (χ4n) is 2.17. The van der Waals surface area contributed by atoms with E-state index in [2.05, 4.69) is 10.3 Å². The van der Waals surface area contributed by atoms with Crippen LogP contribution in [0.1, 0.15) is 10.4 Å². The molecule has 6 nitrogen and oxygen atoms in total. The fourth-order valence-corrected chi connectivity index (χ4v) is 3.14. The molecule has 1 amide bonds. The third kappa shape index (κ3) is 2.76. The molecule has 0 aliphatic heterocycles. The summed E-state index contributed by atoms with van der Waals surface area (Å²) in [6, 6.07) is 6.35. The Kier molecular flexibility index (Phi) is 3.97. The van der Waals surface area contributed by atoms with Crippen LogP contribution < -0.4 is 15.6 Å². The van der Waals surface area contributed by atoms with E-state index in [-0.39, 0.29) is 11.3 Å². The van der Waals surface area contributed by atoms with Gasteiger partial charge in [0.15, 0.2) is 5.75 Å². The third-order valence-electron chi connectivity index (χ3n) is 3.23. The maximum atomic E-state index is 12.4. The molecule has 3 aromatic rings. The van der Waals surface area contributed by atoms with Crippen molar-refractivity contribution in [2.45, 2.75) is 0 Å². The number of pyridine rings is 1. The minimum atomic E-state index is -0.750. The van der Waals surface area contributed by atoms with Crippen molar-refractivity contribution in [2.75, 3.05) is 12.4 Å². The van der Waals surface area contributed by atoms with Gasteiger partial charge >= 0.3 is 0 Å². The molecule has 0 saturated carbocycles. The van der Waals surface area contributed by atoms with Crippen molar-refractivity contribution in [3.8, 4) is 11.5 Å². The van der Waals surface area contributed by atoms with Crippen LogP contribution in [-0.2, 0) is 0 Å². The minimum absolute atomic E-state index is 0.301. The Morgan fingerprint density at radius 1 is 1.39 bits per heavy atom. The van der Waals surface area contributed by atoms with Gasteiger partial charge in [-0.2, -0.15) is 0 Å². The number of ether oxygens (including phenoxy) is 1. The number of methoxy groups -OCH3 is 1. The molecule has 1 aromatic carbocycles. The van der Waals surface area contributed by atoms with E-state index in [9.17, 15) is 14.7 Å². The molecular formula is C15H11ClN2O4S. The standard InChI is InChI=1S/C15H11ClN2O4S/c1-22-10-3-2-7(16)6-9(10)18-15(21)11-12(19)13-8(4-5-23-13)17-14(11)20/h2-6H,1H3,(H,18,21)(H2,17,19,20). The van der Waals surface area contributed by atoms with Crippen molar-refractivity contribution in [1.82, 2.24) is 4.98 Å². The molecule has 3 rings (SSSR count). The van der Waals surface area contributed by atoms with Gasteiger partial charge in [0.25, 0.3) is 11.5 Å². The molecule has 0 saturated heterocycles. The quantitative estimate of drug-likeness (QED) is 0.676. The van der Waals surface area contributed by atoms with Crippen LogP contribution in [0.5, 0.6) is 11.5 Å². The number of rotatable bonds is 3. The van der Waals surface area contributed by atoms with E-state index in [0.717, 1.165) is 0 Å². The Bertz CT molecular complexity index is 964. The smallest absolute Gasteiger partial charge is 0.265 e. The van der Waals surface area contributed by atoms with Crippen LogP contribution >= 0.6 is 22.9 Å². The molecule has 0 unspecified atom stereocenters. The summed E-state index contributed by atoms with van der Waals surface area (Å²) < 4.78 is 5.57. The summed E-state index contributed by atoms with van der Waals surface area (Å²) in [6.45, 7) is 0. The van der Waals surface area contributed by atoms with Crippen molar-refractivity contribution >= 4 is 44.7 Å². The normalized spacial score (nSPS) is 10.7. The van der Waals surface area contributed by atoms with Gasteiger partial charge in [-0.1, -0.05) is 11.6 Å². The molecule has 8 heteroatoms. The number of benzene rings is 1. The maximum absolute atomic E-state index is 12.4. The fraction of sp³-hybridized carbons (Fsp3) is 0.0667. The number of fused-ring (bicyclic) bond motifs is 1. The summed E-state index contributed by atoms with van der Waals surface area (Å²) in [4.78, 5) is 27.1. The molecule has 23 heavy (non-hydrogen) atoms. The average molecular weight is 351 g/mol. The number of halogens is 1. The predicted molar refractivity (Wildman–Crippen MR) is 90.1 cm³/mol. The highest BCUT2D eigenvalue weighted by atomic mass is 35.5. The molecule has 0 fully saturated rings. The summed E-state index contributed by atoms with van der Waals surface area (Å²) in [6.07, 6.45) is 0. The van der Waals surface area contributed by atoms with Gasteiger partial charge in [-0.3, -0.25) is 9.59 Å². The van der Waals surface area contributed by atoms with Gasteiger partial charge in [-0.05, 0) is 29.6 Å². The molecular weight excluding hydrogens is 340 g/mol. The Hall–Kier alpha value is -2.51. The monoisotopic (exact) mass is 350 g/mol. The predicted octanol–water partition coefficient (Wildman–Crippen LogP) is 3.21. The number of carbonyl (C=O) groups is 1. The van der Waals surface area contributed by atoms with Gasteiger partial charge in [0.05, 0.1) is 23.0 Å². The Morgan fingerprint density at radius 2 is 2.17 bits per heavy atom. The van der Waals surface area contributed by atoms with Crippen molar-refractivity contribution in [2.24, 2.45) is 0 Å². The number of aromatic hydroxyl groups is 1. The van der Waals surface area contributed by atoms with Crippen LogP contribution in [-0.4, -0.2) is 23.1 Å². The second-order valence-electron chi connectivity index (χ2n) is 4.64. The largest absolute Gasteiger partial charge is 0.505 e. The molecule has 2 aromatic heterocycles. The van der Waals surface area contributed by atoms with Gasteiger partial charge < -0.3 is 20.1 Å². The van der Waals surface area contributed by atoms with Crippen LogP contribution in [0.25, 0.3) is 10.2 Å². The topological polar surface area (TPSA) is 91.4 Å². The number of anilines is 1. The molecule has 2 heterocycles. The third-order valence-corrected chi connectivity index (χ3v) is 4.39. The van der Waals surface area contributed by atoms with Crippen molar-refractivity contribution in [3.63, 3.8) is 0 Å². The zero-order chi connectivity index (χ0) is 16.6. The second-order valence-corrected chi connectivity index (χ2v) is 5.99. The van der Waals surface area contributed by atoms with E-state index in [1.165, 1.54) is 24.5 Å². The minimum Gasteiger partial charge on any atom is -0.505 e. The highest BCUT2D eigenvalue weighted by molar-refractivity contribution is 7.17. The molecule has 118 valence electrons. The first-order valence-electron chi connectivity index (χ1n) is 6.48. The zero-order valence-electron chi connectivity index (χ0n) is 11.8. The highest BCUT2D eigenvalue weighted by Gasteiger charge is 2.21. The van der Waals surface area contributed by atoms with Crippen LogP contribution in [0.15, 0.2) is 34.4 Å². The average Bonchev–Trinajstić information content (AvgIpc) is 2.96. The van der Waals surface area contributed by atoms with Gasteiger partial charge in [-0.25, -0.2) is 0 Å². The summed E-state index contributed by atoms with van der Waals surface area (Å²) in [5, 5.41) is 14.9. The summed E-state index contributed by atoms with van der Waals surface area (Å²) in [7, 11) is 1.45. The lowest BCUT2D eigenvalue weighted by Crippen LogP contribution is -2.23. The van der Waals surface area contributed by atoms with Crippen LogP contribution in [0.4, 0.5) is 5.69 Å². The van der Waals surface area contributed by atoms with Gasteiger partial charge in [0.1, 0.15) is 11.3 Å². The number of nitrogens with one attached hydrogen (secondary N) is 2. The lowest BCUT2D eigenvalue weighted by molar-refractivity contribution is 0.102. The van der Waals surface area contributed by atoms with Crippen LogP contribution in [0, 0.1) is 0 Å². The number of H-pyrrole nitrogens is 1. The number of carbonyl (C=O) groups excluding carboxylic acids is 1. The van der Waals surface area contributed by atoms with E-state index in [1.807, 2.05) is 0 Å². The number of thiophene rings is 1. The molecule has 0 spiro atoms. The zero-order valence-corrected chi connectivity index (χ0v) is 13.4. The number of amides is 1. The molecule has 0 radical (unpaired) electrons. The molecule has 3 N–H and O–H groups in total. The first-order chi connectivity index (χ1) is 11.0. The molecule has 0 atom stereocenters. The highest BCUT2D eigenvalue weighted by Crippen LogP contribution is 2.31. The number of aromatic amines is 1. The van der Waals surface area contributed by atoms with E-state index >= 15 is 0 Å². The Labute approximate surface area is 139 Å². The number of aromatic nitrogens is 1. The summed E-state index contributed by atoms with van der Waals surface area (Å²) in [5.41, 5.74) is -0.252. The van der Waals surface area contributed by atoms with Crippen molar-refractivity contribution in [3.05, 3.63) is 50.6 Å². The van der Waals surface area contributed by atoms with E-state index in [4.69, 9.17) is 16.3 Å². The van der Waals surface area contributed by atoms with Gasteiger partial charge in [-0.15, -0.1) is 11.3 Å². The maximum Gasteiger partial charge on any atom is 0.265 e. The number of hydrogen-bond donors (Lipinski definition) is 3. The van der Waals surface area contributed by atoms with Gasteiger partial charge in [0.2, 0.25) is 0 Å². The van der Waals surface area contributed by atoms with Crippen LogP contribution in [0.3, 0.4) is 0 Å². The Balaban J connectivity index is 2.05. The first kappa shape index (κ1) is 15.4. The van der Waals surface area contributed by atoms with Crippen molar-refractivity contribution in [1.29, 1.82) is 0 Å². The van der Waals surface area contributed by atoms with E-state index < -0.39 is 11.5 Å². The SMILES string of the molecule is COc1ccc(Cl)cc1NC(=O)c1c(O)c2sccc2[nH]c1=O. The van der Waals surface area contributed by atoms with E-state index in [0.29, 0.717) is 26.7 Å². The van der Waals surface area contributed by atoms with Gasteiger partial charge in [0, 0.05) is 5.02 Å². The second kappa shape index (κ2) is 5.94. The lowest BCUT2D eigenvalue weighted by atomic mass is 10.2. The summed E-state index contributed by atoms with van der Waals surface area (Å²) >= 11 is 7.13.